The molecule has 0 unspecified atom stereocenters. The Labute approximate surface area is 165 Å². The molecule has 27 heavy (non-hydrogen) atoms. The molecule has 0 aliphatic carbocycles. The van der Waals surface area contributed by atoms with Crippen LogP contribution in [0, 0.1) is 6.92 Å². The molecule has 1 heterocycles. The second kappa shape index (κ2) is 7.20. The van der Waals surface area contributed by atoms with Crippen LogP contribution >= 0.6 is 11.6 Å². The molecule has 2 aromatic rings. The molecule has 1 N–H and O–H groups in total. The predicted molar refractivity (Wildman–Crippen MR) is 114 cm³/mol. The first-order chi connectivity index (χ1) is 12.7. The van der Waals surface area contributed by atoms with Crippen molar-refractivity contribution in [2.45, 2.75) is 33.2 Å². The monoisotopic (exact) mass is 381 g/mol. The number of allylic oxidation sites excluding steroid dienone is 1. The van der Waals surface area contributed by atoms with Gasteiger partial charge in [-0.15, -0.1) is 0 Å². The molecule has 0 spiro atoms. The summed E-state index contributed by atoms with van der Waals surface area (Å²) in [6.45, 7) is 8.58. The van der Waals surface area contributed by atoms with Gasteiger partial charge in [-0.05, 0) is 68.7 Å². The van der Waals surface area contributed by atoms with Crippen molar-refractivity contribution in [3.8, 4) is 0 Å². The van der Waals surface area contributed by atoms with Gasteiger partial charge in [0, 0.05) is 18.3 Å². The summed E-state index contributed by atoms with van der Waals surface area (Å²) in [5, 5.41) is 4.53. The van der Waals surface area contributed by atoms with E-state index in [0.717, 1.165) is 11.1 Å². The highest BCUT2D eigenvalue weighted by molar-refractivity contribution is 6.33. The van der Waals surface area contributed by atoms with Crippen LogP contribution in [0.2, 0.25) is 5.02 Å². The Morgan fingerprint density at radius 3 is 2.63 bits per heavy atom. The highest BCUT2D eigenvalue weighted by Crippen LogP contribution is 2.38. The third-order valence-electron chi connectivity index (χ3n) is 5.09. The first kappa shape index (κ1) is 19.2. The normalized spacial score (nSPS) is 15.5. The van der Waals surface area contributed by atoms with E-state index in [1.807, 2.05) is 6.92 Å². The largest absolute Gasteiger partial charge is 0.365 e. The fourth-order valence-corrected chi connectivity index (χ4v) is 3.54. The maximum atomic E-state index is 12.2. The number of nitrogens with one attached hydrogen (secondary N) is 1. The second-order valence-electron chi connectivity index (χ2n) is 7.44. The molecule has 3 rings (SSSR count). The average molecular weight is 382 g/mol. The van der Waals surface area contributed by atoms with E-state index >= 15 is 0 Å². The number of halogens is 1. The minimum atomic E-state index is -0.329. The molecule has 5 heteroatoms. The van der Waals surface area contributed by atoms with Gasteiger partial charge in [-0.3, -0.25) is 4.79 Å². The van der Waals surface area contributed by atoms with E-state index < -0.39 is 0 Å². The smallest absolute Gasteiger partial charge is 0.272 e. The quantitative estimate of drug-likeness (QED) is 0.597. The van der Waals surface area contributed by atoms with Gasteiger partial charge in [0.1, 0.15) is 0 Å². The molecule has 4 nitrogen and oxygen atoms in total. The van der Waals surface area contributed by atoms with Gasteiger partial charge in [0.2, 0.25) is 0 Å². The van der Waals surface area contributed by atoms with E-state index in [4.69, 9.17) is 11.6 Å². The second-order valence-corrected chi connectivity index (χ2v) is 7.85. The molecular formula is C22H24ClN3O. The third kappa shape index (κ3) is 3.76. The zero-order valence-corrected chi connectivity index (χ0v) is 17.1. The van der Waals surface area contributed by atoms with Crippen LogP contribution in [0.3, 0.4) is 0 Å². The Hall–Kier alpha value is -2.59. The van der Waals surface area contributed by atoms with E-state index in [0.29, 0.717) is 10.6 Å². The van der Waals surface area contributed by atoms with Gasteiger partial charge in [-0.1, -0.05) is 29.8 Å². The van der Waals surface area contributed by atoms with Crippen LogP contribution in [-0.2, 0) is 0 Å². The van der Waals surface area contributed by atoms with Crippen LogP contribution in [0.1, 0.15) is 47.8 Å². The molecule has 2 aromatic carbocycles. The molecule has 1 amide bonds. The Morgan fingerprint density at radius 1 is 1.22 bits per heavy atom. The maximum Gasteiger partial charge on any atom is 0.272 e. The lowest BCUT2D eigenvalue weighted by Gasteiger charge is -2.41. The van der Waals surface area contributed by atoms with Crippen molar-refractivity contribution >= 4 is 35.0 Å². The van der Waals surface area contributed by atoms with E-state index in [1.54, 1.807) is 30.5 Å². The molecule has 0 saturated heterocycles. The molecule has 1 aliphatic rings. The Balaban J connectivity index is 1.85. The van der Waals surface area contributed by atoms with Gasteiger partial charge >= 0.3 is 0 Å². The first-order valence-corrected chi connectivity index (χ1v) is 9.25. The van der Waals surface area contributed by atoms with Crippen LogP contribution in [-0.4, -0.2) is 24.7 Å². The van der Waals surface area contributed by atoms with Crippen LogP contribution < -0.4 is 10.3 Å². The minimum absolute atomic E-state index is 0.0257. The first-order valence-electron chi connectivity index (χ1n) is 8.87. The Kier molecular flexibility index (Phi) is 5.11. The summed E-state index contributed by atoms with van der Waals surface area (Å²) >= 11 is 6.05. The number of hydrogen-bond donors (Lipinski definition) is 1. The van der Waals surface area contributed by atoms with Crippen molar-refractivity contribution in [2.24, 2.45) is 5.10 Å². The number of hydrogen-bond acceptors (Lipinski definition) is 3. The van der Waals surface area contributed by atoms with Gasteiger partial charge < -0.3 is 4.90 Å². The van der Waals surface area contributed by atoms with Gasteiger partial charge in [-0.2, -0.15) is 5.10 Å². The van der Waals surface area contributed by atoms with Gasteiger partial charge in [0.15, 0.2) is 0 Å². The number of rotatable bonds is 3. The fourth-order valence-electron chi connectivity index (χ4n) is 3.32. The van der Waals surface area contributed by atoms with Crippen molar-refractivity contribution in [3.05, 3.63) is 69.8 Å². The topological polar surface area (TPSA) is 44.7 Å². The molecule has 0 fully saturated rings. The van der Waals surface area contributed by atoms with E-state index in [-0.39, 0.29) is 11.4 Å². The number of nitrogens with zero attached hydrogens (tertiary/aromatic N) is 2. The number of carbonyl (C=O) groups is 1. The molecule has 1 aliphatic heterocycles. The lowest BCUT2D eigenvalue weighted by atomic mass is 9.87. The third-order valence-corrected chi connectivity index (χ3v) is 5.42. The average Bonchev–Trinajstić information content (AvgIpc) is 2.60. The summed E-state index contributed by atoms with van der Waals surface area (Å²) in [6, 6.07) is 11.2. The zero-order chi connectivity index (χ0) is 19.8. The Morgan fingerprint density at radius 2 is 1.93 bits per heavy atom. The van der Waals surface area contributed by atoms with Crippen LogP contribution in [0.15, 0.2) is 47.6 Å². The number of fused-ring (bicyclic) bond motifs is 1. The fraction of sp³-hybridized carbons (Fsp3) is 0.273. The minimum Gasteiger partial charge on any atom is -0.365 e. The van der Waals surface area contributed by atoms with E-state index in [9.17, 15) is 4.79 Å². The van der Waals surface area contributed by atoms with Gasteiger partial charge in [0.05, 0.1) is 22.3 Å². The summed E-state index contributed by atoms with van der Waals surface area (Å²) in [6.07, 6.45) is 3.95. The molecule has 140 valence electrons. The lowest BCUT2D eigenvalue weighted by Crippen LogP contribution is -2.42. The lowest BCUT2D eigenvalue weighted by molar-refractivity contribution is 0.0955. The summed E-state index contributed by atoms with van der Waals surface area (Å²) in [7, 11) is 2.11. The number of carbonyl (C=O) groups excluding carboxylic acids is 1. The summed E-state index contributed by atoms with van der Waals surface area (Å²) in [4.78, 5) is 14.5. The number of hydrazone groups is 1. The predicted octanol–water partition coefficient (Wildman–Crippen LogP) is 5.04. The number of anilines is 1. The van der Waals surface area contributed by atoms with E-state index in [2.05, 4.69) is 61.5 Å². The Bertz CT molecular complexity index is 960. The van der Waals surface area contributed by atoms with Gasteiger partial charge in [-0.25, -0.2) is 5.43 Å². The van der Waals surface area contributed by atoms with Crippen LogP contribution in [0.4, 0.5) is 5.69 Å². The molecular weight excluding hydrogens is 358 g/mol. The van der Waals surface area contributed by atoms with E-state index in [1.165, 1.54) is 16.8 Å². The molecule has 0 radical (unpaired) electrons. The summed E-state index contributed by atoms with van der Waals surface area (Å²) in [5.41, 5.74) is 8.62. The van der Waals surface area contributed by atoms with Crippen molar-refractivity contribution in [2.75, 3.05) is 11.9 Å². The van der Waals surface area contributed by atoms with Crippen LogP contribution in [0.5, 0.6) is 0 Å². The highest BCUT2D eigenvalue weighted by Gasteiger charge is 2.28. The van der Waals surface area contributed by atoms with Crippen molar-refractivity contribution in [1.82, 2.24) is 5.43 Å². The SMILES string of the molecule is CC1=CC(C)(C)N(C)c2cc(C)c(/C=N/NC(=O)c3ccccc3Cl)cc21. The number of benzene rings is 2. The standard InChI is InChI=1S/C22H24ClN3O/c1-14-10-20-18(15(2)12-22(3,4)26(20)5)11-16(14)13-24-25-21(27)17-8-6-7-9-19(17)23/h6-13H,1-5H3,(H,25,27)/b24-13+. The molecule has 0 saturated carbocycles. The van der Waals surface area contributed by atoms with Crippen molar-refractivity contribution < 1.29 is 4.79 Å². The molecule has 0 atom stereocenters. The van der Waals surface area contributed by atoms with Crippen LogP contribution in [0.25, 0.3) is 5.57 Å². The van der Waals surface area contributed by atoms with Gasteiger partial charge in [0.25, 0.3) is 5.91 Å². The summed E-state index contributed by atoms with van der Waals surface area (Å²) in [5.74, 6) is -0.329. The van der Waals surface area contributed by atoms with Crippen molar-refractivity contribution in [1.29, 1.82) is 0 Å². The molecule has 0 aromatic heterocycles. The zero-order valence-electron chi connectivity index (χ0n) is 16.3. The summed E-state index contributed by atoms with van der Waals surface area (Å²) < 4.78 is 0. The van der Waals surface area contributed by atoms with Crippen molar-refractivity contribution in [3.63, 3.8) is 0 Å². The highest BCUT2D eigenvalue weighted by atomic mass is 35.5. The number of aryl methyl sites for hydroxylation is 1. The molecule has 0 bridgehead atoms. The number of amides is 1. The number of likely N-dealkylation sites (N-methyl/N-ethyl adjacent to an activating group) is 1. The maximum absolute atomic E-state index is 12.2.